The Morgan fingerprint density at radius 2 is 1.50 bits per heavy atom. The van der Waals surface area contributed by atoms with Crippen LogP contribution in [0.2, 0.25) is 0 Å². The van der Waals surface area contributed by atoms with E-state index in [1.54, 1.807) is 0 Å². The molecule has 1 aromatic heterocycles. The van der Waals surface area contributed by atoms with Crippen molar-refractivity contribution in [3.8, 4) is 0 Å². The summed E-state index contributed by atoms with van der Waals surface area (Å²) in [6, 6.07) is 43.0. The minimum absolute atomic E-state index is 0.653. The van der Waals surface area contributed by atoms with Gasteiger partial charge < -0.3 is 9.32 Å². The van der Waals surface area contributed by atoms with E-state index in [2.05, 4.69) is 145 Å². The lowest BCUT2D eigenvalue weighted by molar-refractivity contribution is 0.503. The van der Waals surface area contributed by atoms with Crippen molar-refractivity contribution < 1.29 is 4.42 Å². The molecule has 1 saturated carbocycles. The summed E-state index contributed by atoms with van der Waals surface area (Å²) in [6.45, 7) is 6.91. The van der Waals surface area contributed by atoms with E-state index in [0.717, 1.165) is 46.1 Å². The smallest absolute Gasteiger partial charge is 0.134 e. The maximum Gasteiger partial charge on any atom is 0.134 e. The van der Waals surface area contributed by atoms with Gasteiger partial charge >= 0.3 is 0 Å². The molecule has 1 heterocycles. The Hall–Kier alpha value is -5.08. The third kappa shape index (κ3) is 4.77. The van der Waals surface area contributed by atoms with Gasteiger partial charge in [-0.3, -0.25) is 0 Å². The monoisotopic (exact) mass is 569 g/mol. The fraction of sp³-hybridized carbons (Fsp3) is 0.143. The Morgan fingerprint density at radius 3 is 2.32 bits per heavy atom. The summed E-state index contributed by atoms with van der Waals surface area (Å²) in [5, 5.41) is 3.66. The molecule has 0 amide bonds. The third-order valence-corrected chi connectivity index (χ3v) is 9.41. The average molecular weight is 570 g/mol. The molecule has 2 nitrogen and oxygen atoms in total. The SMILES string of the molecule is C=C(/C=C(\C=C(/C)c1ccccc1)c1ccccc1)N(c1ccc2oc3c(c2c1)C1CC1CC3)c1cccc2ccccc12. The van der Waals surface area contributed by atoms with E-state index in [1.165, 1.54) is 51.5 Å². The molecular formula is C42H35NO. The predicted octanol–water partition coefficient (Wildman–Crippen LogP) is 11.5. The second-order valence-electron chi connectivity index (χ2n) is 12.2. The molecule has 2 heteroatoms. The molecular weight excluding hydrogens is 534 g/mol. The number of hydrogen-bond acceptors (Lipinski definition) is 2. The second-order valence-corrected chi connectivity index (χ2v) is 12.2. The topological polar surface area (TPSA) is 16.4 Å². The first kappa shape index (κ1) is 26.5. The van der Waals surface area contributed by atoms with Crippen LogP contribution in [-0.4, -0.2) is 0 Å². The predicted molar refractivity (Wildman–Crippen MR) is 185 cm³/mol. The van der Waals surface area contributed by atoms with Crippen LogP contribution in [0.15, 0.2) is 150 Å². The van der Waals surface area contributed by atoms with Gasteiger partial charge in [0.15, 0.2) is 0 Å². The van der Waals surface area contributed by atoms with Crippen molar-refractivity contribution in [3.63, 3.8) is 0 Å². The normalized spacial score (nSPS) is 17.8. The van der Waals surface area contributed by atoms with Crippen LogP contribution in [0.25, 0.3) is 32.9 Å². The van der Waals surface area contributed by atoms with Crippen LogP contribution < -0.4 is 4.90 Å². The van der Waals surface area contributed by atoms with E-state index in [1.807, 2.05) is 0 Å². The van der Waals surface area contributed by atoms with Gasteiger partial charge in [0, 0.05) is 34.1 Å². The van der Waals surface area contributed by atoms with Crippen LogP contribution in [0.3, 0.4) is 0 Å². The van der Waals surface area contributed by atoms with Crippen LogP contribution >= 0.6 is 0 Å². The van der Waals surface area contributed by atoms with Gasteiger partial charge in [-0.2, -0.15) is 0 Å². The van der Waals surface area contributed by atoms with E-state index >= 15 is 0 Å². The number of hydrogen-bond donors (Lipinski definition) is 0. The van der Waals surface area contributed by atoms with E-state index in [0.29, 0.717) is 5.92 Å². The quantitative estimate of drug-likeness (QED) is 0.178. The zero-order valence-electron chi connectivity index (χ0n) is 25.0. The molecule has 2 aliphatic carbocycles. The van der Waals surface area contributed by atoms with Crippen molar-refractivity contribution in [3.05, 3.63) is 168 Å². The zero-order chi connectivity index (χ0) is 29.6. The summed E-state index contributed by atoms with van der Waals surface area (Å²) in [4.78, 5) is 2.32. The second kappa shape index (κ2) is 10.9. The molecule has 5 aromatic carbocycles. The van der Waals surface area contributed by atoms with Crippen molar-refractivity contribution in [2.45, 2.75) is 32.1 Å². The molecule has 214 valence electrons. The Bertz CT molecular complexity index is 2070. The summed E-state index contributed by atoms with van der Waals surface area (Å²) < 4.78 is 6.41. The van der Waals surface area contributed by atoms with Crippen molar-refractivity contribution in [1.29, 1.82) is 0 Å². The largest absolute Gasteiger partial charge is 0.461 e. The first-order valence-corrected chi connectivity index (χ1v) is 15.7. The molecule has 2 atom stereocenters. The fourth-order valence-corrected chi connectivity index (χ4v) is 7.09. The number of anilines is 2. The van der Waals surface area contributed by atoms with Gasteiger partial charge in [-0.25, -0.2) is 0 Å². The lowest BCUT2D eigenvalue weighted by atomic mass is 9.95. The number of nitrogens with zero attached hydrogens (tertiary/aromatic N) is 1. The Morgan fingerprint density at radius 1 is 0.773 bits per heavy atom. The van der Waals surface area contributed by atoms with Crippen LogP contribution in [-0.2, 0) is 6.42 Å². The first-order valence-electron chi connectivity index (χ1n) is 15.7. The highest BCUT2D eigenvalue weighted by Gasteiger charge is 2.45. The molecule has 1 fully saturated rings. The van der Waals surface area contributed by atoms with E-state index in [-0.39, 0.29) is 0 Å². The van der Waals surface area contributed by atoms with Crippen LogP contribution in [0.5, 0.6) is 0 Å². The number of benzene rings is 5. The van der Waals surface area contributed by atoms with Crippen molar-refractivity contribution in [2.75, 3.05) is 4.90 Å². The zero-order valence-corrected chi connectivity index (χ0v) is 25.0. The number of fused-ring (bicyclic) bond motifs is 6. The molecule has 44 heavy (non-hydrogen) atoms. The molecule has 2 unspecified atom stereocenters. The lowest BCUT2D eigenvalue weighted by Gasteiger charge is -2.28. The number of furan rings is 1. The van der Waals surface area contributed by atoms with E-state index < -0.39 is 0 Å². The van der Waals surface area contributed by atoms with E-state index in [4.69, 9.17) is 11.0 Å². The summed E-state index contributed by atoms with van der Waals surface area (Å²) in [5.41, 5.74) is 10.2. The molecule has 2 aliphatic rings. The Kier molecular flexibility index (Phi) is 6.56. The van der Waals surface area contributed by atoms with Gasteiger partial charge in [-0.1, -0.05) is 110 Å². The van der Waals surface area contributed by atoms with Crippen LogP contribution in [0, 0.1) is 5.92 Å². The first-order chi connectivity index (χ1) is 21.6. The Labute approximate surface area is 259 Å². The maximum absolute atomic E-state index is 6.41. The van der Waals surface area contributed by atoms with Gasteiger partial charge in [-0.15, -0.1) is 0 Å². The fourth-order valence-electron chi connectivity index (χ4n) is 7.09. The highest BCUT2D eigenvalue weighted by atomic mass is 16.3. The highest BCUT2D eigenvalue weighted by Crippen LogP contribution is 2.57. The molecule has 0 bridgehead atoms. The molecule has 0 saturated heterocycles. The minimum Gasteiger partial charge on any atom is -0.461 e. The average Bonchev–Trinajstić information content (AvgIpc) is 3.77. The van der Waals surface area contributed by atoms with Gasteiger partial charge in [-0.05, 0) is 89.6 Å². The standard InChI is InChI=1S/C42H35NO/c1-28(30-12-5-3-6-13-30)24-34(31-14-7-4-8-15-31)25-29(2)43(39-19-11-17-32-16-9-10-18-36(32)39)35-21-23-40-38(27-35)42-37-26-33(37)20-22-41(42)44-40/h3-19,21,23-25,27,33,37H,2,20,22,26H2,1H3/b28-24+,34-25+. The van der Waals surface area contributed by atoms with Gasteiger partial charge in [0.25, 0.3) is 0 Å². The summed E-state index contributed by atoms with van der Waals surface area (Å²) >= 11 is 0. The summed E-state index contributed by atoms with van der Waals surface area (Å²) in [7, 11) is 0. The van der Waals surface area contributed by atoms with Crippen molar-refractivity contribution >= 4 is 44.3 Å². The maximum atomic E-state index is 6.41. The van der Waals surface area contributed by atoms with Gasteiger partial charge in [0.2, 0.25) is 0 Å². The van der Waals surface area contributed by atoms with Crippen molar-refractivity contribution in [1.82, 2.24) is 0 Å². The highest BCUT2D eigenvalue weighted by molar-refractivity contribution is 5.99. The number of allylic oxidation sites excluding steroid dienone is 4. The van der Waals surface area contributed by atoms with Crippen molar-refractivity contribution in [2.24, 2.45) is 5.92 Å². The summed E-state index contributed by atoms with van der Waals surface area (Å²) in [5.74, 6) is 2.67. The third-order valence-electron chi connectivity index (χ3n) is 9.41. The number of aryl methyl sites for hydroxylation is 1. The summed E-state index contributed by atoms with van der Waals surface area (Å²) in [6.07, 6.45) is 8.11. The van der Waals surface area contributed by atoms with Gasteiger partial charge in [0.1, 0.15) is 11.3 Å². The Balaban J connectivity index is 1.31. The molecule has 0 radical (unpaired) electrons. The van der Waals surface area contributed by atoms with Gasteiger partial charge in [0.05, 0.1) is 5.69 Å². The molecule has 0 aliphatic heterocycles. The van der Waals surface area contributed by atoms with Crippen LogP contribution in [0.4, 0.5) is 11.4 Å². The molecule has 8 rings (SSSR count). The molecule has 0 spiro atoms. The molecule has 0 N–H and O–H groups in total. The van der Waals surface area contributed by atoms with E-state index in [9.17, 15) is 0 Å². The lowest BCUT2D eigenvalue weighted by Crippen LogP contribution is -2.15. The minimum atomic E-state index is 0.653. The van der Waals surface area contributed by atoms with Crippen LogP contribution in [0.1, 0.15) is 48.1 Å². The number of rotatable bonds is 7. The molecule has 6 aromatic rings.